The number of aryl methyl sites for hydroxylation is 1. The second kappa shape index (κ2) is 5.77. The molecule has 0 aliphatic rings. The van der Waals surface area contributed by atoms with Gasteiger partial charge in [0.05, 0.1) is 6.20 Å². The van der Waals surface area contributed by atoms with Crippen LogP contribution in [0.1, 0.15) is 16.7 Å². The van der Waals surface area contributed by atoms with E-state index in [9.17, 15) is 5.11 Å². The molecule has 2 heterocycles. The molecule has 0 atom stereocenters. The summed E-state index contributed by atoms with van der Waals surface area (Å²) >= 11 is 0. The lowest BCUT2D eigenvalue weighted by atomic mass is 9.97. The third kappa shape index (κ3) is 2.50. The fourth-order valence-corrected chi connectivity index (χ4v) is 2.88. The molecule has 0 unspecified atom stereocenters. The normalized spacial score (nSPS) is 11.0. The highest BCUT2D eigenvalue weighted by Gasteiger charge is 2.12. The number of aromatic hydroxyl groups is 1. The summed E-state index contributed by atoms with van der Waals surface area (Å²) in [6.07, 6.45) is 3.95. The van der Waals surface area contributed by atoms with Crippen LogP contribution in [-0.4, -0.2) is 24.7 Å². The van der Waals surface area contributed by atoms with Crippen molar-refractivity contribution in [1.82, 2.24) is 19.6 Å². The van der Waals surface area contributed by atoms with E-state index < -0.39 is 0 Å². The molecule has 0 aliphatic heterocycles. The van der Waals surface area contributed by atoms with Crippen molar-refractivity contribution in [2.24, 2.45) is 0 Å². The third-order valence-electron chi connectivity index (χ3n) is 4.18. The van der Waals surface area contributed by atoms with Crippen molar-refractivity contribution in [2.45, 2.75) is 13.3 Å². The first-order valence-corrected chi connectivity index (χ1v) is 7.74. The monoisotopic (exact) mass is 316 g/mol. The van der Waals surface area contributed by atoms with Crippen LogP contribution in [0.4, 0.5) is 0 Å². The summed E-state index contributed by atoms with van der Waals surface area (Å²) in [5.74, 6) is 0. The number of aromatic nitrogens is 4. The lowest BCUT2D eigenvalue weighted by Gasteiger charge is -2.08. The SMILES string of the molecule is Cc1cc(-c2cnn3c(O)ncnc23)ccc1Cc1ccccc1. The minimum absolute atomic E-state index is 0.163. The maximum atomic E-state index is 9.74. The first kappa shape index (κ1) is 14.4. The van der Waals surface area contributed by atoms with Crippen LogP contribution in [-0.2, 0) is 6.42 Å². The van der Waals surface area contributed by atoms with Gasteiger partial charge in [0.1, 0.15) is 6.33 Å². The Bertz CT molecular complexity index is 1010. The molecule has 0 bridgehead atoms. The van der Waals surface area contributed by atoms with Crippen molar-refractivity contribution in [3.05, 3.63) is 77.7 Å². The predicted molar refractivity (Wildman–Crippen MR) is 91.9 cm³/mol. The second-order valence-electron chi connectivity index (χ2n) is 5.77. The molecule has 0 amide bonds. The topological polar surface area (TPSA) is 63.3 Å². The molecule has 24 heavy (non-hydrogen) atoms. The minimum Gasteiger partial charge on any atom is -0.479 e. The summed E-state index contributed by atoms with van der Waals surface area (Å²) in [7, 11) is 0. The predicted octanol–water partition coefficient (Wildman–Crippen LogP) is 3.40. The Balaban J connectivity index is 1.72. The van der Waals surface area contributed by atoms with Gasteiger partial charge in [0.2, 0.25) is 0 Å². The van der Waals surface area contributed by atoms with E-state index in [1.807, 2.05) is 6.07 Å². The zero-order valence-corrected chi connectivity index (χ0v) is 13.2. The van der Waals surface area contributed by atoms with Gasteiger partial charge in [-0.3, -0.25) is 0 Å². The lowest BCUT2D eigenvalue weighted by molar-refractivity contribution is 0.411. The number of nitrogens with zero attached hydrogens (tertiary/aromatic N) is 4. The molecule has 0 saturated heterocycles. The van der Waals surface area contributed by atoms with Gasteiger partial charge < -0.3 is 5.11 Å². The van der Waals surface area contributed by atoms with Crippen LogP contribution >= 0.6 is 0 Å². The molecular weight excluding hydrogens is 300 g/mol. The summed E-state index contributed by atoms with van der Waals surface area (Å²) in [5, 5.41) is 13.9. The summed E-state index contributed by atoms with van der Waals surface area (Å²) in [6.45, 7) is 2.11. The van der Waals surface area contributed by atoms with Crippen LogP contribution in [0.2, 0.25) is 0 Å². The van der Waals surface area contributed by atoms with E-state index in [-0.39, 0.29) is 6.01 Å². The molecule has 118 valence electrons. The van der Waals surface area contributed by atoms with E-state index in [4.69, 9.17) is 0 Å². The standard InChI is InChI=1S/C19H16N4O/c1-13-9-16(8-7-15(13)10-14-5-3-2-4-6-14)17-11-22-23-18(17)20-12-21-19(23)24/h2-9,11-12H,10H2,1H3,(H,20,21,24). The maximum Gasteiger partial charge on any atom is 0.318 e. The summed E-state index contributed by atoms with van der Waals surface area (Å²) < 4.78 is 1.34. The van der Waals surface area contributed by atoms with Crippen molar-refractivity contribution < 1.29 is 5.11 Å². The Kier molecular flexibility index (Phi) is 3.46. The van der Waals surface area contributed by atoms with Crippen LogP contribution in [0.3, 0.4) is 0 Å². The molecule has 0 aliphatic carbocycles. The van der Waals surface area contributed by atoms with Crippen molar-refractivity contribution in [1.29, 1.82) is 0 Å². The van der Waals surface area contributed by atoms with Crippen molar-refractivity contribution in [2.75, 3.05) is 0 Å². The van der Waals surface area contributed by atoms with Gasteiger partial charge in [0.15, 0.2) is 5.65 Å². The van der Waals surface area contributed by atoms with E-state index in [0.29, 0.717) is 5.65 Å². The van der Waals surface area contributed by atoms with Gasteiger partial charge in [-0.25, -0.2) is 4.98 Å². The highest BCUT2D eigenvalue weighted by atomic mass is 16.3. The summed E-state index contributed by atoms with van der Waals surface area (Å²) in [6, 6.07) is 16.6. The van der Waals surface area contributed by atoms with E-state index in [1.165, 1.54) is 27.5 Å². The Labute approximate surface area is 139 Å². The maximum absolute atomic E-state index is 9.74. The molecule has 4 rings (SSSR count). The zero-order chi connectivity index (χ0) is 16.5. The average molecular weight is 316 g/mol. The molecule has 0 radical (unpaired) electrons. The van der Waals surface area contributed by atoms with Crippen LogP contribution in [0, 0.1) is 6.92 Å². The van der Waals surface area contributed by atoms with E-state index in [2.05, 4.69) is 64.5 Å². The lowest BCUT2D eigenvalue weighted by Crippen LogP contribution is -1.94. The molecule has 2 aromatic carbocycles. The Hall–Kier alpha value is -3.21. The van der Waals surface area contributed by atoms with Crippen LogP contribution in [0.15, 0.2) is 61.1 Å². The number of benzene rings is 2. The molecule has 1 N–H and O–H groups in total. The van der Waals surface area contributed by atoms with Crippen molar-refractivity contribution >= 4 is 5.65 Å². The molecule has 2 aromatic heterocycles. The van der Waals surface area contributed by atoms with E-state index in [1.54, 1.807) is 6.20 Å². The van der Waals surface area contributed by atoms with Gasteiger partial charge in [-0.15, -0.1) is 0 Å². The quantitative estimate of drug-likeness (QED) is 0.629. The number of rotatable bonds is 3. The largest absolute Gasteiger partial charge is 0.479 e. The first-order valence-electron chi connectivity index (χ1n) is 7.74. The van der Waals surface area contributed by atoms with Gasteiger partial charge in [0.25, 0.3) is 0 Å². The minimum atomic E-state index is -0.163. The first-order chi connectivity index (χ1) is 11.7. The number of fused-ring (bicyclic) bond motifs is 1. The molecule has 5 nitrogen and oxygen atoms in total. The summed E-state index contributed by atoms with van der Waals surface area (Å²) in [4.78, 5) is 7.97. The Morgan fingerprint density at radius 3 is 2.67 bits per heavy atom. The van der Waals surface area contributed by atoms with Gasteiger partial charge in [-0.05, 0) is 35.6 Å². The Morgan fingerprint density at radius 2 is 1.88 bits per heavy atom. The van der Waals surface area contributed by atoms with E-state index in [0.717, 1.165) is 17.5 Å². The van der Waals surface area contributed by atoms with Crippen LogP contribution < -0.4 is 0 Å². The molecule has 0 spiro atoms. The zero-order valence-electron chi connectivity index (χ0n) is 13.2. The average Bonchev–Trinajstić information content (AvgIpc) is 3.03. The molecule has 5 heteroatoms. The highest BCUT2D eigenvalue weighted by Crippen LogP contribution is 2.27. The van der Waals surface area contributed by atoms with Crippen molar-refractivity contribution in [3.8, 4) is 17.1 Å². The molecule has 4 aromatic rings. The second-order valence-corrected chi connectivity index (χ2v) is 5.77. The van der Waals surface area contributed by atoms with Gasteiger partial charge >= 0.3 is 6.01 Å². The number of hydrogen-bond donors (Lipinski definition) is 1. The van der Waals surface area contributed by atoms with E-state index >= 15 is 0 Å². The highest BCUT2D eigenvalue weighted by molar-refractivity contribution is 5.77. The molecule has 0 fully saturated rings. The molecular formula is C19H16N4O. The third-order valence-corrected chi connectivity index (χ3v) is 4.18. The summed E-state index contributed by atoms with van der Waals surface area (Å²) in [5.41, 5.74) is 6.30. The fourth-order valence-electron chi connectivity index (χ4n) is 2.88. The Morgan fingerprint density at radius 1 is 1.04 bits per heavy atom. The van der Waals surface area contributed by atoms with Gasteiger partial charge in [-0.2, -0.15) is 14.6 Å². The van der Waals surface area contributed by atoms with Crippen molar-refractivity contribution in [3.63, 3.8) is 0 Å². The number of hydrogen-bond acceptors (Lipinski definition) is 4. The fraction of sp³-hybridized carbons (Fsp3) is 0.105. The smallest absolute Gasteiger partial charge is 0.318 e. The van der Waals surface area contributed by atoms with Gasteiger partial charge in [-0.1, -0.05) is 48.5 Å². The van der Waals surface area contributed by atoms with Crippen LogP contribution in [0.5, 0.6) is 6.01 Å². The van der Waals surface area contributed by atoms with Crippen LogP contribution in [0.25, 0.3) is 16.8 Å². The van der Waals surface area contributed by atoms with Gasteiger partial charge in [0, 0.05) is 5.56 Å². The molecule has 0 saturated carbocycles.